The summed E-state index contributed by atoms with van der Waals surface area (Å²) in [4.78, 5) is 4.68. The van der Waals surface area contributed by atoms with Gasteiger partial charge in [0.05, 0.1) is 12.8 Å². The number of rotatable bonds is 2. The maximum absolute atomic E-state index is 13.9. The molecule has 1 unspecified atom stereocenters. The fourth-order valence-corrected chi connectivity index (χ4v) is 3.07. The van der Waals surface area contributed by atoms with Crippen LogP contribution in [-0.4, -0.2) is 44.2 Å². The van der Waals surface area contributed by atoms with E-state index in [2.05, 4.69) is 9.80 Å². The van der Waals surface area contributed by atoms with Crippen LogP contribution in [0.3, 0.4) is 0 Å². The van der Waals surface area contributed by atoms with E-state index < -0.39 is 0 Å². The summed E-state index contributed by atoms with van der Waals surface area (Å²) in [5, 5.41) is 0. The average molecular weight is 250 g/mol. The summed E-state index contributed by atoms with van der Waals surface area (Å²) in [7, 11) is 1.62. The van der Waals surface area contributed by atoms with Gasteiger partial charge in [-0.15, -0.1) is 0 Å². The number of fused-ring (bicyclic) bond motifs is 1. The van der Waals surface area contributed by atoms with E-state index in [0.29, 0.717) is 11.7 Å². The third-order valence-corrected chi connectivity index (χ3v) is 4.08. The van der Waals surface area contributed by atoms with E-state index >= 15 is 0 Å². The minimum Gasteiger partial charge on any atom is -0.497 e. The highest BCUT2D eigenvalue weighted by Gasteiger charge is 2.31. The number of piperazine rings is 1. The highest BCUT2D eigenvalue weighted by Crippen LogP contribution is 2.29. The molecule has 1 aromatic carbocycles. The second-order valence-electron chi connectivity index (χ2n) is 5.10. The van der Waals surface area contributed by atoms with E-state index in [1.807, 2.05) is 0 Å². The lowest BCUT2D eigenvalue weighted by Gasteiger charge is -2.39. The summed E-state index contributed by atoms with van der Waals surface area (Å²) >= 11 is 0. The van der Waals surface area contributed by atoms with E-state index in [0.717, 1.165) is 25.4 Å². The van der Waals surface area contributed by atoms with Crippen LogP contribution in [0.25, 0.3) is 0 Å². The van der Waals surface area contributed by atoms with E-state index in [1.165, 1.54) is 25.5 Å². The summed E-state index contributed by atoms with van der Waals surface area (Å²) in [6.45, 7) is 4.09. The summed E-state index contributed by atoms with van der Waals surface area (Å²) in [5.74, 6) is 0.572. The number of benzene rings is 1. The maximum Gasteiger partial charge on any atom is 0.146 e. The molecule has 3 nitrogen and oxygen atoms in total. The van der Waals surface area contributed by atoms with E-state index in [-0.39, 0.29) is 5.82 Å². The van der Waals surface area contributed by atoms with Gasteiger partial charge in [-0.2, -0.15) is 0 Å². The summed E-state index contributed by atoms with van der Waals surface area (Å²) in [6.07, 6.45) is 2.52. The van der Waals surface area contributed by atoms with Crippen LogP contribution < -0.4 is 9.64 Å². The van der Waals surface area contributed by atoms with Gasteiger partial charge in [-0.25, -0.2) is 4.39 Å². The van der Waals surface area contributed by atoms with Crippen molar-refractivity contribution < 1.29 is 9.13 Å². The van der Waals surface area contributed by atoms with Gasteiger partial charge in [-0.05, 0) is 31.5 Å². The lowest BCUT2D eigenvalue weighted by atomic mass is 10.1. The van der Waals surface area contributed by atoms with Crippen molar-refractivity contribution in [3.63, 3.8) is 0 Å². The lowest BCUT2D eigenvalue weighted by Crippen LogP contribution is -2.50. The molecule has 18 heavy (non-hydrogen) atoms. The zero-order valence-corrected chi connectivity index (χ0v) is 10.7. The predicted molar refractivity (Wildman–Crippen MR) is 69.8 cm³/mol. The molecule has 0 amide bonds. The molecule has 2 saturated heterocycles. The van der Waals surface area contributed by atoms with Crippen molar-refractivity contribution in [3.8, 4) is 5.75 Å². The number of ether oxygens (including phenoxy) is 1. The van der Waals surface area contributed by atoms with Crippen LogP contribution in [0, 0.1) is 5.82 Å². The minimum absolute atomic E-state index is 0.151. The molecular formula is C14H19FN2O. The van der Waals surface area contributed by atoms with Gasteiger partial charge in [0.1, 0.15) is 11.6 Å². The number of nitrogens with zero attached hydrogens (tertiary/aromatic N) is 2. The quantitative estimate of drug-likeness (QED) is 0.799. The van der Waals surface area contributed by atoms with Crippen molar-refractivity contribution in [3.05, 3.63) is 24.0 Å². The van der Waals surface area contributed by atoms with Crippen LogP contribution in [0.5, 0.6) is 5.75 Å². The van der Waals surface area contributed by atoms with Gasteiger partial charge in [0.15, 0.2) is 0 Å². The van der Waals surface area contributed by atoms with E-state index in [1.54, 1.807) is 19.2 Å². The van der Waals surface area contributed by atoms with Crippen molar-refractivity contribution in [2.24, 2.45) is 0 Å². The molecule has 0 aliphatic carbocycles. The van der Waals surface area contributed by atoms with Crippen molar-refractivity contribution >= 4 is 5.69 Å². The second-order valence-corrected chi connectivity index (χ2v) is 5.10. The Morgan fingerprint density at radius 1 is 1.28 bits per heavy atom. The molecule has 2 aliphatic rings. The summed E-state index contributed by atoms with van der Waals surface area (Å²) in [5.41, 5.74) is 0.681. The van der Waals surface area contributed by atoms with Gasteiger partial charge in [0.25, 0.3) is 0 Å². The molecule has 0 bridgehead atoms. The molecule has 2 heterocycles. The smallest absolute Gasteiger partial charge is 0.146 e. The second kappa shape index (κ2) is 4.76. The molecule has 1 atom stereocenters. The topological polar surface area (TPSA) is 15.7 Å². The number of hydrogen-bond acceptors (Lipinski definition) is 3. The normalized spacial score (nSPS) is 24.1. The molecule has 1 aromatic rings. The Bertz CT molecular complexity index is 438. The van der Waals surface area contributed by atoms with Crippen molar-refractivity contribution in [2.75, 3.05) is 38.2 Å². The van der Waals surface area contributed by atoms with Crippen LogP contribution in [0.15, 0.2) is 18.2 Å². The van der Waals surface area contributed by atoms with Gasteiger partial charge < -0.3 is 9.64 Å². The number of anilines is 1. The van der Waals surface area contributed by atoms with Crippen molar-refractivity contribution in [1.82, 2.24) is 4.90 Å². The predicted octanol–water partition coefficient (Wildman–Crippen LogP) is 2.12. The van der Waals surface area contributed by atoms with Gasteiger partial charge >= 0.3 is 0 Å². The number of methoxy groups -OCH3 is 1. The fourth-order valence-electron chi connectivity index (χ4n) is 3.07. The third-order valence-electron chi connectivity index (χ3n) is 4.08. The largest absolute Gasteiger partial charge is 0.497 e. The molecule has 2 aliphatic heterocycles. The average Bonchev–Trinajstić information content (AvgIpc) is 2.86. The van der Waals surface area contributed by atoms with Crippen molar-refractivity contribution in [2.45, 2.75) is 18.9 Å². The molecule has 0 spiro atoms. The van der Waals surface area contributed by atoms with Crippen LogP contribution >= 0.6 is 0 Å². The van der Waals surface area contributed by atoms with Crippen LogP contribution in [-0.2, 0) is 0 Å². The zero-order valence-electron chi connectivity index (χ0n) is 10.7. The number of hydrogen-bond donors (Lipinski definition) is 0. The lowest BCUT2D eigenvalue weighted by molar-refractivity contribution is 0.230. The molecule has 0 saturated carbocycles. The molecule has 0 N–H and O–H groups in total. The Morgan fingerprint density at radius 2 is 2.17 bits per heavy atom. The first kappa shape index (κ1) is 11.8. The molecular weight excluding hydrogens is 231 g/mol. The summed E-state index contributed by atoms with van der Waals surface area (Å²) in [6, 6.07) is 5.57. The molecule has 98 valence electrons. The first-order valence-corrected chi connectivity index (χ1v) is 6.60. The molecule has 0 radical (unpaired) electrons. The molecule has 4 heteroatoms. The Morgan fingerprint density at radius 3 is 3.00 bits per heavy atom. The van der Waals surface area contributed by atoms with Gasteiger partial charge in [-0.3, -0.25) is 4.90 Å². The van der Waals surface area contributed by atoms with E-state index in [4.69, 9.17) is 4.74 Å². The third kappa shape index (κ3) is 2.05. The summed E-state index contributed by atoms with van der Waals surface area (Å²) < 4.78 is 19.1. The Kier molecular flexibility index (Phi) is 3.12. The molecule has 0 aromatic heterocycles. The van der Waals surface area contributed by atoms with Crippen molar-refractivity contribution in [1.29, 1.82) is 0 Å². The molecule has 2 fully saturated rings. The first-order chi connectivity index (χ1) is 8.78. The monoisotopic (exact) mass is 250 g/mol. The van der Waals surface area contributed by atoms with E-state index in [9.17, 15) is 4.39 Å². The van der Waals surface area contributed by atoms with Gasteiger partial charge in [0.2, 0.25) is 0 Å². The van der Waals surface area contributed by atoms with Crippen LogP contribution in [0.2, 0.25) is 0 Å². The first-order valence-electron chi connectivity index (χ1n) is 6.60. The SMILES string of the molecule is COc1ccc(F)c(N2CCN3CCCC3C2)c1. The minimum atomic E-state index is -0.151. The Hall–Kier alpha value is -1.29. The highest BCUT2D eigenvalue weighted by molar-refractivity contribution is 5.52. The van der Waals surface area contributed by atoms with Gasteiger partial charge in [0, 0.05) is 31.7 Å². The fraction of sp³-hybridized carbons (Fsp3) is 0.571. The Labute approximate surface area is 107 Å². The number of halogens is 1. The van der Waals surface area contributed by atoms with Crippen LogP contribution in [0.1, 0.15) is 12.8 Å². The Balaban J connectivity index is 1.82. The zero-order chi connectivity index (χ0) is 12.5. The maximum atomic E-state index is 13.9. The standard InChI is InChI=1S/C14H19FN2O/c1-18-12-4-5-13(15)14(9-12)17-8-7-16-6-2-3-11(16)10-17/h4-5,9,11H,2-3,6-8,10H2,1H3. The highest BCUT2D eigenvalue weighted by atomic mass is 19.1. The van der Waals surface area contributed by atoms with Crippen LogP contribution in [0.4, 0.5) is 10.1 Å². The molecule has 3 rings (SSSR count). The van der Waals surface area contributed by atoms with Gasteiger partial charge in [-0.1, -0.05) is 0 Å².